The molecule has 0 aliphatic rings. The molecule has 0 saturated carbocycles. The summed E-state index contributed by atoms with van der Waals surface area (Å²) < 4.78 is 20.2. The number of unbranched alkanes of at least 4 members (excludes halogenated alkanes) is 1. The standard InChI is InChI=1S/C6H16N2O3P.Fe/c1-2-3-6-10-12(9)11-8-5-4-7;/h8H,2-7H2,1H3;/q+1;. The molecule has 0 spiro atoms. The average molecular weight is 251 g/mol. The molecule has 0 amide bonds. The van der Waals surface area contributed by atoms with Crippen molar-refractivity contribution in [2.24, 2.45) is 5.73 Å². The first-order valence-electron chi connectivity index (χ1n) is 4.01. The molecule has 13 heavy (non-hydrogen) atoms. The summed E-state index contributed by atoms with van der Waals surface area (Å²) in [6, 6.07) is 0. The largest absolute Gasteiger partial charge is 0.716 e. The van der Waals surface area contributed by atoms with Crippen molar-refractivity contribution in [3.8, 4) is 0 Å². The Morgan fingerprint density at radius 3 is 2.77 bits per heavy atom. The van der Waals surface area contributed by atoms with Crippen LogP contribution < -0.4 is 11.2 Å². The monoisotopic (exact) mass is 251 g/mol. The molecule has 7 heteroatoms. The van der Waals surface area contributed by atoms with Gasteiger partial charge in [-0.25, -0.2) is 0 Å². The maximum atomic E-state index is 10.8. The molecule has 1 unspecified atom stereocenters. The molecule has 1 atom stereocenters. The second-order valence-corrected chi connectivity index (χ2v) is 3.07. The van der Waals surface area contributed by atoms with E-state index < -0.39 is 8.25 Å². The number of hydroxylamine groups is 1. The molecule has 3 N–H and O–H groups in total. The average Bonchev–Trinajstić information content (AvgIpc) is 2.06. The Morgan fingerprint density at radius 2 is 2.23 bits per heavy atom. The minimum absolute atomic E-state index is 0. The van der Waals surface area contributed by atoms with Crippen molar-refractivity contribution in [1.29, 1.82) is 0 Å². The quantitative estimate of drug-likeness (QED) is 0.290. The van der Waals surface area contributed by atoms with Gasteiger partial charge in [0.1, 0.15) is 6.61 Å². The first-order valence-corrected chi connectivity index (χ1v) is 5.10. The number of hydrogen-bond acceptors (Lipinski definition) is 5. The van der Waals surface area contributed by atoms with Crippen LogP contribution in [0.1, 0.15) is 19.8 Å². The van der Waals surface area contributed by atoms with Gasteiger partial charge >= 0.3 is 8.25 Å². The summed E-state index contributed by atoms with van der Waals surface area (Å²) >= 11 is 0. The van der Waals surface area contributed by atoms with E-state index in [-0.39, 0.29) is 17.1 Å². The third-order valence-electron chi connectivity index (χ3n) is 1.08. The van der Waals surface area contributed by atoms with Gasteiger partial charge in [0.25, 0.3) is 0 Å². The van der Waals surface area contributed by atoms with E-state index in [0.29, 0.717) is 19.7 Å². The zero-order valence-corrected chi connectivity index (χ0v) is 9.64. The Morgan fingerprint density at radius 1 is 1.54 bits per heavy atom. The Labute approximate surface area is 90.1 Å². The molecule has 0 aliphatic carbocycles. The summed E-state index contributed by atoms with van der Waals surface area (Å²) in [5, 5.41) is 0. The molecule has 0 heterocycles. The molecule has 0 saturated heterocycles. The normalized spacial score (nSPS) is 10.8. The van der Waals surface area contributed by atoms with Gasteiger partial charge in [0.2, 0.25) is 0 Å². The van der Waals surface area contributed by atoms with Crippen LogP contribution in [0.3, 0.4) is 0 Å². The van der Waals surface area contributed by atoms with E-state index in [0.717, 1.165) is 12.8 Å². The maximum absolute atomic E-state index is 10.8. The number of nitrogens with two attached hydrogens (primary N) is 1. The van der Waals surface area contributed by atoms with Gasteiger partial charge in [-0.1, -0.05) is 13.3 Å². The number of rotatable bonds is 8. The zero-order valence-electron chi connectivity index (χ0n) is 7.64. The van der Waals surface area contributed by atoms with Gasteiger partial charge in [-0.05, 0) is 11.0 Å². The van der Waals surface area contributed by atoms with Crippen molar-refractivity contribution in [1.82, 2.24) is 5.48 Å². The van der Waals surface area contributed by atoms with Crippen molar-refractivity contribution in [2.45, 2.75) is 19.8 Å². The van der Waals surface area contributed by atoms with Crippen molar-refractivity contribution < 1.29 is 30.8 Å². The first kappa shape index (κ1) is 15.9. The van der Waals surface area contributed by atoms with Gasteiger partial charge in [0.15, 0.2) is 0 Å². The van der Waals surface area contributed by atoms with Crippen molar-refractivity contribution in [2.75, 3.05) is 19.7 Å². The summed E-state index contributed by atoms with van der Waals surface area (Å²) in [5.41, 5.74) is 7.59. The van der Waals surface area contributed by atoms with Gasteiger partial charge in [-0.3, -0.25) is 0 Å². The number of hydrogen-bond donors (Lipinski definition) is 2. The van der Waals surface area contributed by atoms with Crippen LogP contribution in [0.4, 0.5) is 0 Å². The van der Waals surface area contributed by atoms with E-state index in [9.17, 15) is 4.57 Å². The van der Waals surface area contributed by atoms with Crippen molar-refractivity contribution in [3.05, 3.63) is 0 Å². The van der Waals surface area contributed by atoms with Crippen LogP contribution in [0.25, 0.3) is 0 Å². The molecule has 80 valence electrons. The van der Waals surface area contributed by atoms with E-state index in [1.165, 1.54) is 0 Å². The first-order chi connectivity index (χ1) is 5.81. The molecule has 0 fully saturated rings. The molecule has 0 aromatic rings. The molecule has 0 rings (SSSR count). The molecule has 5 nitrogen and oxygen atoms in total. The maximum Gasteiger partial charge on any atom is 0.716 e. The minimum atomic E-state index is -2.02. The van der Waals surface area contributed by atoms with E-state index in [1.807, 2.05) is 6.92 Å². The topological polar surface area (TPSA) is 73.6 Å². The van der Waals surface area contributed by atoms with Crippen LogP contribution in [-0.2, 0) is 30.8 Å². The van der Waals surface area contributed by atoms with Crippen LogP contribution in [0, 0.1) is 0 Å². The fourth-order valence-corrected chi connectivity index (χ4v) is 0.995. The molecule has 0 radical (unpaired) electrons. The fraction of sp³-hybridized carbons (Fsp3) is 1.00. The van der Waals surface area contributed by atoms with Gasteiger partial charge in [0.05, 0.1) is 0 Å². The van der Waals surface area contributed by atoms with Crippen LogP contribution >= 0.6 is 8.25 Å². The van der Waals surface area contributed by atoms with Gasteiger partial charge in [-0.15, -0.1) is 10.0 Å². The SMILES string of the molecule is CCCCO[P+](=O)ONCCN.[Fe]. The molecule has 0 aliphatic heterocycles. The molecule has 0 aromatic heterocycles. The second-order valence-electron chi connectivity index (χ2n) is 2.18. The Kier molecular flexibility index (Phi) is 15.2. The molecular formula is C6H16FeN2O3P+. The molecule has 0 bridgehead atoms. The third kappa shape index (κ3) is 12.5. The predicted octanol–water partition coefficient (Wildman–Crippen LogP) is 0.938. The van der Waals surface area contributed by atoms with Crippen LogP contribution in [0.15, 0.2) is 0 Å². The van der Waals surface area contributed by atoms with E-state index in [4.69, 9.17) is 10.3 Å². The fourth-order valence-electron chi connectivity index (χ4n) is 0.467. The van der Waals surface area contributed by atoms with Crippen molar-refractivity contribution >= 4 is 8.25 Å². The van der Waals surface area contributed by atoms with Gasteiger partial charge in [0, 0.05) is 34.7 Å². The van der Waals surface area contributed by atoms with Gasteiger partial charge in [-0.2, -0.15) is 0 Å². The van der Waals surface area contributed by atoms with Crippen LogP contribution in [-0.4, -0.2) is 19.7 Å². The number of nitrogens with one attached hydrogen (secondary N) is 1. The summed E-state index contributed by atoms with van der Waals surface area (Å²) in [7, 11) is -2.02. The second kappa shape index (κ2) is 12.5. The van der Waals surface area contributed by atoms with Crippen molar-refractivity contribution in [3.63, 3.8) is 0 Å². The van der Waals surface area contributed by atoms with E-state index in [2.05, 4.69) is 10.1 Å². The summed E-state index contributed by atoms with van der Waals surface area (Å²) in [4.78, 5) is 0. The van der Waals surface area contributed by atoms with Gasteiger partial charge < -0.3 is 5.73 Å². The molecule has 0 aromatic carbocycles. The molecular weight excluding hydrogens is 235 g/mol. The summed E-state index contributed by atoms with van der Waals surface area (Å²) in [6.07, 6.45) is 1.90. The zero-order chi connectivity index (χ0) is 9.23. The summed E-state index contributed by atoms with van der Waals surface area (Å²) in [5.74, 6) is 0. The Bertz CT molecular complexity index is 116. The van der Waals surface area contributed by atoms with Crippen LogP contribution in [0.5, 0.6) is 0 Å². The Hall–Kier alpha value is 0.459. The van der Waals surface area contributed by atoms with E-state index in [1.54, 1.807) is 0 Å². The van der Waals surface area contributed by atoms with E-state index >= 15 is 0 Å². The minimum Gasteiger partial charge on any atom is -0.329 e. The smallest absolute Gasteiger partial charge is 0.329 e. The predicted molar refractivity (Wildman–Crippen MR) is 46.6 cm³/mol. The Balaban J connectivity index is 0. The summed E-state index contributed by atoms with van der Waals surface area (Å²) in [6.45, 7) is 3.41. The van der Waals surface area contributed by atoms with Crippen LogP contribution in [0.2, 0.25) is 0 Å². The third-order valence-corrected chi connectivity index (χ3v) is 1.75.